The number of fused-ring (bicyclic) bond motifs is 1. The van der Waals surface area contributed by atoms with Crippen molar-refractivity contribution in [1.82, 2.24) is 14.9 Å². The Kier molecular flexibility index (Phi) is 5.66. The Morgan fingerprint density at radius 3 is 2.82 bits per heavy atom. The third kappa shape index (κ3) is 4.39. The van der Waals surface area contributed by atoms with Gasteiger partial charge in [-0.05, 0) is 30.7 Å². The fraction of sp³-hybridized carbons (Fsp3) is 0.350. The van der Waals surface area contributed by atoms with Gasteiger partial charge in [-0.25, -0.2) is 14.4 Å². The van der Waals surface area contributed by atoms with Crippen LogP contribution in [-0.4, -0.2) is 53.6 Å². The Hall–Kier alpha value is -2.74. The van der Waals surface area contributed by atoms with Crippen LogP contribution in [0.15, 0.2) is 42.6 Å². The van der Waals surface area contributed by atoms with Gasteiger partial charge in [-0.15, -0.1) is 0 Å². The molecule has 0 aliphatic carbocycles. The molecule has 1 saturated heterocycles. The number of nitrogens with zero attached hydrogens (tertiary/aromatic N) is 4. The van der Waals surface area contributed by atoms with E-state index < -0.39 is 0 Å². The highest BCUT2D eigenvalue weighted by Gasteiger charge is 2.23. The molecule has 1 aliphatic heterocycles. The first-order valence-corrected chi connectivity index (χ1v) is 10.1. The van der Waals surface area contributed by atoms with E-state index in [9.17, 15) is 9.18 Å². The number of carbonyl (C=O) groups excluding carboxylic acids is 1. The average Bonchev–Trinajstić information content (AvgIpc) is 3.15. The van der Waals surface area contributed by atoms with Gasteiger partial charge in [0.25, 0.3) is 0 Å². The molecular weight excluding hydrogens is 379 g/mol. The van der Waals surface area contributed by atoms with E-state index >= 15 is 0 Å². The summed E-state index contributed by atoms with van der Waals surface area (Å²) in [4.78, 5) is 26.4. The van der Waals surface area contributed by atoms with Gasteiger partial charge in [0.05, 0.1) is 6.61 Å². The number of thiazole rings is 1. The zero-order valence-electron chi connectivity index (χ0n) is 15.4. The van der Waals surface area contributed by atoms with Gasteiger partial charge in [-0.3, -0.25) is 4.79 Å². The van der Waals surface area contributed by atoms with E-state index in [1.54, 1.807) is 29.7 Å². The topological polar surface area (TPSA) is 58.6 Å². The van der Waals surface area contributed by atoms with Gasteiger partial charge >= 0.3 is 0 Å². The Balaban J connectivity index is 1.21. The molecule has 0 atom stereocenters. The lowest BCUT2D eigenvalue weighted by molar-refractivity contribution is -0.131. The lowest BCUT2D eigenvalue weighted by Crippen LogP contribution is -2.48. The SMILES string of the molecule is O=C(CCCOc1cccc(F)c1)N1CCN(c2nc3cccnc3s2)CC1. The zero-order chi connectivity index (χ0) is 19.3. The molecule has 0 unspecified atom stereocenters. The summed E-state index contributed by atoms with van der Waals surface area (Å²) in [6.07, 6.45) is 2.82. The lowest BCUT2D eigenvalue weighted by Gasteiger charge is -2.34. The molecule has 28 heavy (non-hydrogen) atoms. The summed E-state index contributed by atoms with van der Waals surface area (Å²) < 4.78 is 18.6. The van der Waals surface area contributed by atoms with Crippen molar-refractivity contribution in [3.63, 3.8) is 0 Å². The van der Waals surface area contributed by atoms with Gasteiger partial charge in [0.2, 0.25) is 5.91 Å². The summed E-state index contributed by atoms with van der Waals surface area (Å²) in [5.41, 5.74) is 0.916. The molecule has 1 amide bonds. The number of amides is 1. The van der Waals surface area contributed by atoms with Crippen LogP contribution in [0, 0.1) is 5.82 Å². The largest absolute Gasteiger partial charge is 0.493 e. The van der Waals surface area contributed by atoms with E-state index in [0.717, 1.165) is 28.6 Å². The molecule has 1 fully saturated rings. The molecule has 0 bridgehead atoms. The summed E-state index contributed by atoms with van der Waals surface area (Å²) in [6.45, 7) is 3.31. The van der Waals surface area contributed by atoms with Gasteiger partial charge in [0.1, 0.15) is 21.9 Å². The number of rotatable bonds is 6. The predicted octanol–water partition coefficient (Wildman–Crippen LogP) is 3.34. The summed E-state index contributed by atoms with van der Waals surface area (Å²) in [5, 5.41) is 0.962. The minimum atomic E-state index is -0.324. The first-order valence-electron chi connectivity index (χ1n) is 9.32. The van der Waals surface area contributed by atoms with Crippen molar-refractivity contribution >= 4 is 32.7 Å². The molecule has 0 saturated carbocycles. The van der Waals surface area contributed by atoms with Crippen LogP contribution in [0.2, 0.25) is 0 Å². The van der Waals surface area contributed by atoms with Crippen LogP contribution < -0.4 is 9.64 Å². The van der Waals surface area contributed by atoms with Gasteiger partial charge in [0.15, 0.2) is 5.13 Å². The van der Waals surface area contributed by atoms with Gasteiger partial charge in [-0.1, -0.05) is 17.4 Å². The minimum absolute atomic E-state index is 0.133. The summed E-state index contributed by atoms with van der Waals surface area (Å²) in [5.74, 6) is 0.301. The predicted molar refractivity (Wildman–Crippen MR) is 107 cm³/mol. The average molecular weight is 400 g/mol. The Morgan fingerprint density at radius 1 is 1.18 bits per heavy atom. The van der Waals surface area contributed by atoms with Crippen LogP contribution in [0.3, 0.4) is 0 Å². The van der Waals surface area contributed by atoms with Crippen LogP contribution >= 0.6 is 11.3 Å². The van der Waals surface area contributed by atoms with Crippen LogP contribution in [0.1, 0.15) is 12.8 Å². The van der Waals surface area contributed by atoms with Crippen molar-refractivity contribution in [2.75, 3.05) is 37.7 Å². The summed E-state index contributed by atoms with van der Waals surface area (Å²) >= 11 is 1.59. The van der Waals surface area contributed by atoms with Crippen LogP contribution in [0.4, 0.5) is 9.52 Å². The Morgan fingerprint density at radius 2 is 2.04 bits per heavy atom. The number of benzene rings is 1. The number of anilines is 1. The summed E-state index contributed by atoms with van der Waals surface area (Å²) in [7, 11) is 0. The van der Waals surface area contributed by atoms with Gasteiger partial charge < -0.3 is 14.5 Å². The number of hydrogen-bond donors (Lipinski definition) is 0. The number of carbonyl (C=O) groups is 1. The van der Waals surface area contributed by atoms with Gasteiger partial charge in [0, 0.05) is 44.9 Å². The third-order valence-electron chi connectivity index (χ3n) is 4.66. The molecule has 0 radical (unpaired) electrons. The molecule has 1 aliphatic rings. The Bertz CT molecular complexity index is 923. The van der Waals surface area contributed by atoms with Crippen molar-refractivity contribution in [1.29, 1.82) is 0 Å². The molecule has 6 nitrogen and oxygen atoms in total. The smallest absolute Gasteiger partial charge is 0.222 e. The Labute approximate surface area is 166 Å². The number of pyridine rings is 1. The second kappa shape index (κ2) is 8.52. The van der Waals surface area contributed by atoms with E-state index in [1.165, 1.54) is 12.1 Å². The van der Waals surface area contributed by atoms with Crippen molar-refractivity contribution in [3.8, 4) is 5.75 Å². The first kappa shape index (κ1) is 18.6. The van der Waals surface area contributed by atoms with Crippen LogP contribution in [-0.2, 0) is 4.79 Å². The minimum Gasteiger partial charge on any atom is -0.493 e. The molecule has 0 spiro atoms. The second-order valence-electron chi connectivity index (χ2n) is 6.60. The number of piperazine rings is 1. The molecule has 3 aromatic rings. The first-order chi connectivity index (χ1) is 13.7. The maximum Gasteiger partial charge on any atom is 0.222 e. The van der Waals surface area contributed by atoms with Crippen LogP contribution in [0.5, 0.6) is 5.75 Å². The van der Waals surface area contributed by atoms with E-state index in [2.05, 4.69) is 14.9 Å². The molecule has 0 N–H and O–H groups in total. The van der Waals surface area contributed by atoms with Crippen molar-refractivity contribution in [3.05, 3.63) is 48.4 Å². The quantitative estimate of drug-likeness (QED) is 0.594. The normalized spacial score (nSPS) is 14.5. The van der Waals surface area contributed by atoms with Crippen LogP contribution in [0.25, 0.3) is 10.3 Å². The van der Waals surface area contributed by atoms with E-state index in [1.807, 2.05) is 17.0 Å². The summed E-state index contributed by atoms with van der Waals surface area (Å²) in [6, 6.07) is 9.90. The number of ether oxygens (including phenoxy) is 1. The van der Waals surface area contributed by atoms with Crippen molar-refractivity contribution < 1.29 is 13.9 Å². The standard InChI is InChI=1S/C20H21FN4O2S/c21-15-4-1-5-16(14-15)27-13-3-7-18(26)24-9-11-25(12-10-24)20-23-17-6-2-8-22-19(17)28-20/h1-2,4-6,8,14H,3,7,9-13H2. The molecule has 8 heteroatoms. The monoisotopic (exact) mass is 400 g/mol. The fourth-order valence-corrected chi connectivity index (χ4v) is 4.13. The molecule has 4 rings (SSSR count). The highest BCUT2D eigenvalue weighted by atomic mass is 32.1. The van der Waals surface area contributed by atoms with E-state index in [4.69, 9.17) is 4.74 Å². The highest BCUT2D eigenvalue weighted by molar-refractivity contribution is 7.21. The van der Waals surface area contributed by atoms with E-state index in [0.29, 0.717) is 38.3 Å². The highest BCUT2D eigenvalue weighted by Crippen LogP contribution is 2.27. The maximum absolute atomic E-state index is 13.1. The molecule has 3 heterocycles. The van der Waals surface area contributed by atoms with Crippen molar-refractivity contribution in [2.45, 2.75) is 12.8 Å². The zero-order valence-corrected chi connectivity index (χ0v) is 16.2. The molecule has 146 valence electrons. The van der Waals surface area contributed by atoms with Crippen molar-refractivity contribution in [2.24, 2.45) is 0 Å². The van der Waals surface area contributed by atoms with Gasteiger partial charge in [-0.2, -0.15) is 0 Å². The fourth-order valence-electron chi connectivity index (χ4n) is 3.17. The molecular formula is C20H21FN4O2S. The molecule has 2 aromatic heterocycles. The lowest BCUT2D eigenvalue weighted by atomic mass is 10.2. The maximum atomic E-state index is 13.1. The third-order valence-corrected chi connectivity index (χ3v) is 5.70. The number of aromatic nitrogens is 2. The molecule has 1 aromatic carbocycles. The second-order valence-corrected chi connectivity index (χ2v) is 7.56. The van der Waals surface area contributed by atoms with E-state index in [-0.39, 0.29) is 11.7 Å². The number of halogens is 1. The number of hydrogen-bond acceptors (Lipinski definition) is 6.